The summed E-state index contributed by atoms with van der Waals surface area (Å²) in [6, 6.07) is 0. The topological polar surface area (TPSA) is 12.0 Å². The van der Waals surface area contributed by atoms with Crippen LogP contribution in [-0.2, 0) is 0 Å². The summed E-state index contributed by atoms with van der Waals surface area (Å²) in [6.45, 7) is 22.2. The molecule has 0 fully saturated rings. The standard InChI is InChI=1S/C15H33N/c1-10-16-14(6,7)11-13(4,5)15(8,9)12(2)3/h12,16H,10-11H2,1-9H3. The average Bonchev–Trinajstić information content (AvgIpc) is 2.00. The van der Waals surface area contributed by atoms with E-state index in [-0.39, 0.29) is 5.54 Å². The molecule has 0 radical (unpaired) electrons. The molecule has 1 heteroatoms. The lowest BCUT2D eigenvalue weighted by Gasteiger charge is -2.48. The second-order valence-corrected chi connectivity index (χ2v) is 7.35. The van der Waals surface area contributed by atoms with Crippen LogP contribution in [0.15, 0.2) is 0 Å². The Kier molecular flexibility index (Phi) is 5.07. The molecular weight excluding hydrogens is 194 g/mol. The van der Waals surface area contributed by atoms with Crippen LogP contribution < -0.4 is 5.32 Å². The van der Waals surface area contributed by atoms with Crippen molar-refractivity contribution in [2.75, 3.05) is 6.54 Å². The largest absolute Gasteiger partial charge is 0.312 e. The number of nitrogens with one attached hydrogen (secondary N) is 1. The smallest absolute Gasteiger partial charge is 0.0130 e. The van der Waals surface area contributed by atoms with Crippen molar-refractivity contribution >= 4 is 0 Å². The van der Waals surface area contributed by atoms with Crippen LogP contribution in [0.4, 0.5) is 0 Å². The predicted octanol–water partition coefficient (Wildman–Crippen LogP) is 4.47. The van der Waals surface area contributed by atoms with Crippen LogP contribution in [0.3, 0.4) is 0 Å². The fourth-order valence-corrected chi connectivity index (χ4v) is 2.66. The van der Waals surface area contributed by atoms with Gasteiger partial charge in [-0.1, -0.05) is 48.5 Å². The molecule has 0 amide bonds. The molecule has 0 atom stereocenters. The van der Waals surface area contributed by atoms with Crippen molar-refractivity contribution in [2.45, 2.75) is 74.3 Å². The Hall–Kier alpha value is -0.0400. The Bertz CT molecular complexity index is 211. The molecule has 0 aliphatic carbocycles. The highest BCUT2D eigenvalue weighted by atomic mass is 14.9. The average molecular weight is 227 g/mol. The fraction of sp³-hybridized carbons (Fsp3) is 1.00. The quantitative estimate of drug-likeness (QED) is 0.706. The summed E-state index contributed by atoms with van der Waals surface area (Å²) in [5, 5.41) is 3.59. The minimum absolute atomic E-state index is 0.227. The summed E-state index contributed by atoms with van der Waals surface area (Å²) in [5.74, 6) is 0.708. The zero-order valence-electron chi connectivity index (χ0n) is 13.0. The highest BCUT2D eigenvalue weighted by Crippen LogP contribution is 2.48. The summed E-state index contributed by atoms with van der Waals surface area (Å²) in [6.07, 6.45) is 1.21. The van der Waals surface area contributed by atoms with Gasteiger partial charge in [0.05, 0.1) is 0 Å². The van der Waals surface area contributed by atoms with Gasteiger partial charge in [0, 0.05) is 5.54 Å². The Morgan fingerprint density at radius 1 is 0.938 bits per heavy atom. The first-order valence-corrected chi connectivity index (χ1v) is 6.71. The zero-order valence-corrected chi connectivity index (χ0v) is 13.0. The van der Waals surface area contributed by atoms with E-state index in [1.165, 1.54) is 6.42 Å². The Balaban J connectivity index is 4.81. The number of rotatable bonds is 6. The molecule has 0 aromatic heterocycles. The number of hydrogen-bond donors (Lipinski definition) is 1. The van der Waals surface area contributed by atoms with E-state index in [0.717, 1.165) is 6.54 Å². The summed E-state index contributed by atoms with van der Waals surface area (Å²) in [4.78, 5) is 0. The third-order valence-electron chi connectivity index (χ3n) is 4.73. The minimum atomic E-state index is 0.227. The van der Waals surface area contributed by atoms with Crippen molar-refractivity contribution in [3.05, 3.63) is 0 Å². The number of hydrogen-bond acceptors (Lipinski definition) is 1. The maximum Gasteiger partial charge on any atom is 0.0130 e. The lowest BCUT2D eigenvalue weighted by atomic mass is 9.58. The zero-order chi connectivity index (χ0) is 13.2. The fourth-order valence-electron chi connectivity index (χ4n) is 2.66. The van der Waals surface area contributed by atoms with Crippen molar-refractivity contribution in [1.29, 1.82) is 0 Å². The lowest BCUT2D eigenvalue weighted by molar-refractivity contribution is 0.0252. The molecule has 0 saturated heterocycles. The molecule has 0 aromatic rings. The Morgan fingerprint density at radius 3 is 1.69 bits per heavy atom. The van der Waals surface area contributed by atoms with Crippen LogP contribution >= 0.6 is 0 Å². The maximum absolute atomic E-state index is 3.59. The lowest BCUT2D eigenvalue weighted by Crippen LogP contribution is -2.48. The molecule has 0 aliphatic heterocycles. The molecule has 1 nitrogen and oxygen atoms in total. The van der Waals surface area contributed by atoms with Gasteiger partial charge < -0.3 is 5.32 Å². The van der Waals surface area contributed by atoms with E-state index < -0.39 is 0 Å². The van der Waals surface area contributed by atoms with Gasteiger partial charge in [0.15, 0.2) is 0 Å². The van der Waals surface area contributed by atoms with E-state index in [9.17, 15) is 0 Å². The van der Waals surface area contributed by atoms with Crippen LogP contribution in [0, 0.1) is 16.7 Å². The van der Waals surface area contributed by atoms with Crippen LogP contribution in [0.1, 0.15) is 68.7 Å². The van der Waals surface area contributed by atoms with Gasteiger partial charge in [-0.05, 0) is 43.6 Å². The van der Waals surface area contributed by atoms with Gasteiger partial charge >= 0.3 is 0 Å². The first-order chi connectivity index (χ1) is 6.96. The van der Waals surface area contributed by atoms with Crippen LogP contribution in [0.25, 0.3) is 0 Å². The third-order valence-corrected chi connectivity index (χ3v) is 4.73. The van der Waals surface area contributed by atoms with Gasteiger partial charge in [-0.2, -0.15) is 0 Å². The Labute approximate surface area is 103 Å². The molecule has 0 rings (SSSR count). The first kappa shape index (κ1) is 16.0. The summed E-state index contributed by atoms with van der Waals surface area (Å²) in [7, 11) is 0. The summed E-state index contributed by atoms with van der Waals surface area (Å²) < 4.78 is 0. The van der Waals surface area contributed by atoms with Gasteiger partial charge in [-0.15, -0.1) is 0 Å². The van der Waals surface area contributed by atoms with E-state index in [0.29, 0.717) is 16.7 Å². The molecule has 16 heavy (non-hydrogen) atoms. The van der Waals surface area contributed by atoms with E-state index in [4.69, 9.17) is 0 Å². The van der Waals surface area contributed by atoms with Gasteiger partial charge in [-0.25, -0.2) is 0 Å². The van der Waals surface area contributed by atoms with E-state index in [1.807, 2.05) is 0 Å². The van der Waals surface area contributed by atoms with Gasteiger partial charge in [0.2, 0.25) is 0 Å². The molecule has 0 aliphatic rings. The van der Waals surface area contributed by atoms with Crippen LogP contribution in [0.2, 0.25) is 0 Å². The molecule has 1 N–H and O–H groups in total. The van der Waals surface area contributed by atoms with Gasteiger partial charge in [-0.3, -0.25) is 0 Å². The first-order valence-electron chi connectivity index (χ1n) is 6.71. The van der Waals surface area contributed by atoms with Crippen LogP contribution in [-0.4, -0.2) is 12.1 Å². The van der Waals surface area contributed by atoms with Crippen molar-refractivity contribution in [3.8, 4) is 0 Å². The minimum Gasteiger partial charge on any atom is -0.312 e. The van der Waals surface area contributed by atoms with Crippen LogP contribution in [0.5, 0.6) is 0 Å². The van der Waals surface area contributed by atoms with E-state index in [1.54, 1.807) is 0 Å². The second kappa shape index (κ2) is 5.08. The summed E-state index contributed by atoms with van der Waals surface area (Å²) in [5.41, 5.74) is 0.928. The third kappa shape index (κ3) is 3.76. The normalized spacial score (nSPS) is 14.6. The van der Waals surface area contributed by atoms with E-state index in [2.05, 4.69) is 67.6 Å². The molecule has 0 bridgehead atoms. The van der Waals surface area contributed by atoms with Crippen molar-refractivity contribution in [1.82, 2.24) is 5.32 Å². The monoisotopic (exact) mass is 227 g/mol. The Morgan fingerprint density at radius 2 is 1.38 bits per heavy atom. The van der Waals surface area contributed by atoms with Gasteiger partial charge in [0.25, 0.3) is 0 Å². The van der Waals surface area contributed by atoms with Crippen molar-refractivity contribution < 1.29 is 0 Å². The van der Waals surface area contributed by atoms with Crippen molar-refractivity contribution in [2.24, 2.45) is 16.7 Å². The molecule has 0 unspecified atom stereocenters. The molecule has 0 saturated carbocycles. The molecule has 0 spiro atoms. The molecule has 98 valence electrons. The molecular formula is C15H33N. The highest BCUT2D eigenvalue weighted by Gasteiger charge is 2.42. The maximum atomic E-state index is 3.59. The molecule has 0 heterocycles. The highest BCUT2D eigenvalue weighted by molar-refractivity contribution is 4.94. The summed E-state index contributed by atoms with van der Waals surface area (Å²) >= 11 is 0. The van der Waals surface area contributed by atoms with Gasteiger partial charge in [0.1, 0.15) is 0 Å². The molecule has 0 aromatic carbocycles. The second-order valence-electron chi connectivity index (χ2n) is 7.35. The van der Waals surface area contributed by atoms with Crippen molar-refractivity contribution in [3.63, 3.8) is 0 Å². The predicted molar refractivity (Wildman–Crippen MR) is 74.8 cm³/mol. The SMILES string of the molecule is CCNC(C)(C)CC(C)(C)C(C)(C)C(C)C. The van der Waals surface area contributed by atoms with E-state index >= 15 is 0 Å².